The predicted octanol–water partition coefficient (Wildman–Crippen LogP) is 0.0353. The molecule has 0 aromatic carbocycles. The molecule has 0 bridgehead atoms. The first-order chi connectivity index (χ1) is 5.20. The third-order valence-corrected chi connectivity index (χ3v) is 1.70. The molecule has 11 heavy (non-hydrogen) atoms. The predicted molar refractivity (Wildman–Crippen MR) is 49.8 cm³/mol. The van der Waals surface area contributed by atoms with Crippen LogP contribution in [0.1, 0.15) is 11.0 Å². The molecule has 0 radical (unpaired) electrons. The van der Waals surface area contributed by atoms with Crippen molar-refractivity contribution < 1.29 is 4.79 Å². The molecular formula is C8H10B2O. The Labute approximate surface area is 68.4 Å². The number of aryl methyl sites for hydroxylation is 1. The van der Waals surface area contributed by atoms with Gasteiger partial charge in [0.2, 0.25) is 0 Å². The Morgan fingerprint density at radius 3 is 3.00 bits per heavy atom. The number of carbonyl (C=O) groups is 1. The molecule has 0 saturated heterocycles. The Bertz CT molecular complexity index is 271. The molecule has 3 heteroatoms. The summed E-state index contributed by atoms with van der Waals surface area (Å²) in [4.78, 5) is 10.8. The number of rotatable bonds is 2. The van der Waals surface area contributed by atoms with Crippen molar-refractivity contribution in [1.82, 2.24) is 0 Å². The molecular weight excluding hydrogens is 134 g/mol. The number of hydrogen-bond acceptors (Lipinski definition) is 1. The Kier molecular flexibility index (Phi) is 2.64. The quantitative estimate of drug-likeness (QED) is 0.535. The van der Waals surface area contributed by atoms with Gasteiger partial charge in [0.25, 0.3) is 0 Å². The first-order valence-corrected chi connectivity index (χ1v) is 3.74. The molecule has 1 heterocycles. The van der Waals surface area contributed by atoms with Crippen LogP contribution in [0, 0.1) is 6.92 Å². The van der Waals surface area contributed by atoms with E-state index in [1.165, 1.54) is 5.46 Å². The van der Waals surface area contributed by atoms with Gasteiger partial charge in [-0.1, -0.05) is 0 Å². The van der Waals surface area contributed by atoms with Gasteiger partial charge in [-0.05, 0) is 0 Å². The molecule has 0 amide bonds. The molecule has 0 aliphatic heterocycles. The number of carbonyl (C=O) groups excluding carboxylic acids is 1. The van der Waals surface area contributed by atoms with Gasteiger partial charge in [-0.3, -0.25) is 0 Å². The van der Waals surface area contributed by atoms with Gasteiger partial charge in [-0.25, -0.2) is 0 Å². The van der Waals surface area contributed by atoms with Crippen LogP contribution >= 0.6 is 0 Å². The van der Waals surface area contributed by atoms with Crippen LogP contribution in [0.5, 0.6) is 0 Å². The first kappa shape index (κ1) is 8.25. The summed E-state index contributed by atoms with van der Waals surface area (Å²) in [5, 5.41) is 0. The second-order valence-corrected chi connectivity index (χ2v) is 2.81. The molecule has 0 fully saturated rings. The molecule has 1 aromatic rings. The van der Waals surface area contributed by atoms with E-state index in [-0.39, 0.29) is 5.68 Å². The van der Waals surface area contributed by atoms with Gasteiger partial charge in [0.1, 0.15) is 0 Å². The van der Waals surface area contributed by atoms with Crippen molar-refractivity contribution in [2.75, 3.05) is 0 Å². The zero-order chi connectivity index (χ0) is 8.27. The summed E-state index contributed by atoms with van der Waals surface area (Å²) in [5.41, 5.74) is 2.56. The summed E-state index contributed by atoms with van der Waals surface area (Å²) < 4.78 is 0. The molecule has 0 saturated carbocycles. The van der Waals surface area contributed by atoms with Crippen LogP contribution in [0.2, 0.25) is 0 Å². The Hall–Kier alpha value is -0.850. The molecule has 0 N–H and O–H groups in total. The van der Waals surface area contributed by atoms with Crippen LogP contribution in [0.25, 0.3) is 0 Å². The fraction of sp³-hybridized carbons (Fsp3) is 0.250. The summed E-state index contributed by atoms with van der Waals surface area (Å²) in [6.45, 7) is 4.05. The molecule has 1 aromatic heterocycles. The van der Waals surface area contributed by atoms with Gasteiger partial charge in [0, 0.05) is 0 Å². The average Bonchev–Trinajstić information content (AvgIpc) is 1.93. The third kappa shape index (κ3) is 2.34. The monoisotopic (exact) mass is 144 g/mol. The summed E-state index contributed by atoms with van der Waals surface area (Å²) in [7, 11) is 1.62. The standard InChI is InChI=1S/C8H10B2O/c1-6-7(5-8(9)11)3-2-4-10-6/h2-4H,5,9H2,1H3. The zero-order valence-corrected chi connectivity index (χ0v) is 6.92. The molecule has 54 valence electrons. The minimum atomic E-state index is 0.222. The maximum atomic E-state index is 10.8. The van der Waals surface area contributed by atoms with Crippen LogP contribution in [0.3, 0.4) is 0 Å². The van der Waals surface area contributed by atoms with Crippen molar-refractivity contribution in [3.63, 3.8) is 0 Å². The van der Waals surface area contributed by atoms with E-state index in [0.717, 1.165) is 5.56 Å². The minimum absolute atomic E-state index is 0.222. The van der Waals surface area contributed by atoms with Gasteiger partial charge in [-0.2, -0.15) is 0 Å². The molecule has 0 atom stereocenters. The van der Waals surface area contributed by atoms with E-state index < -0.39 is 0 Å². The van der Waals surface area contributed by atoms with Gasteiger partial charge in [0.05, 0.1) is 0 Å². The van der Waals surface area contributed by atoms with Gasteiger partial charge in [0.15, 0.2) is 0 Å². The van der Waals surface area contributed by atoms with E-state index in [0.29, 0.717) is 6.42 Å². The zero-order valence-electron chi connectivity index (χ0n) is 6.92. The second-order valence-electron chi connectivity index (χ2n) is 2.81. The van der Waals surface area contributed by atoms with E-state index in [9.17, 15) is 4.79 Å². The maximum absolute atomic E-state index is 10.8. The van der Waals surface area contributed by atoms with Gasteiger partial charge in [-0.15, -0.1) is 0 Å². The van der Waals surface area contributed by atoms with Crippen LogP contribution in [0.15, 0.2) is 18.1 Å². The summed E-state index contributed by atoms with van der Waals surface area (Å²) in [5.74, 6) is 1.99. The first-order valence-electron chi connectivity index (χ1n) is 3.74. The van der Waals surface area contributed by atoms with Crippen LogP contribution in [0.4, 0.5) is 0 Å². The summed E-state index contributed by atoms with van der Waals surface area (Å²) in [6.07, 6.45) is 0.562. The fourth-order valence-corrected chi connectivity index (χ4v) is 1.08. The molecule has 0 aliphatic rings. The fourth-order valence-electron chi connectivity index (χ4n) is 1.08. The van der Waals surface area contributed by atoms with E-state index in [1.807, 2.05) is 31.9 Å². The second kappa shape index (κ2) is 3.51. The molecule has 1 nitrogen and oxygen atoms in total. The van der Waals surface area contributed by atoms with Crippen molar-refractivity contribution in [1.29, 1.82) is 0 Å². The SMILES string of the molecule is BC(=O)Cc1cccbc1C. The summed E-state index contributed by atoms with van der Waals surface area (Å²) >= 11 is 0. The molecule has 0 spiro atoms. The third-order valence-electron chi connectivity index (χ3n) is 1.70. The average molecular weight is 144 g/mol. The molecule has 0 aliphatic carbocycles. The number of hydrogen-bond donors (Lipinski definition) is 0. The van der Waals surface area contributed by atoms with E-state index >= 15 is 0 Å². The normalized spacial score (nSPS) is 9.18. The van der Waals surface area contributed by atoms with Crippen molar-refractivity contribution in [2.24, 2.45) is 0 Å². The van der Waals surface area contributed by atoms with E-state index in [2.05, 4.69) is 0 Å². The van der Waals surface area contributed by atoms with E-state index in [4.69, 9.17) is 0 Å². The van der Waals surface area contributed by atoms with Crippen LogP contribution in [-0.4, -0.2) is 20.4 Å². The summed E-state index contributed by atoms with van der Waals surface area (Å²) in [6, 6.07) is 3.96. The van der Waals surface area contributed by atoms with E-state index in [1.54, 1.807) is 7.85 Å². The van der Waals surface area contributed by atoms with Crippen molar-refractivity contribution in [3.05, 3.63) is 29.1 Å². The van der Waals surface area contributed by atoms with Crippen molar-refractivity contribution >= 4 is 20.4 Å². The van der Waals surface area contributed by atoms with Crippen LogP contribution < -0.4 is 0 Å². The van der Waals surface area contributed by atoms with Crippen molar-refractivity contribution in [3.8, 4) is 0 Å². The molecule has 0 unspecified atom stereocenters. The van der Waals surface area contributed by atoms with Crippen LogP contribution in [-0.2, 0) is 11.2 Å². The Balaban J connectivity index is 2.86. The van der Waals surface area contributed by atoms with Gasteiger partial charge >= 0.3 is 67.7 Å². The topological polar surface area (TPSA) is 17.1 Å². The molecule has 1 rings (SSSR count). The van der Waals surface area contributed by atoms with Gasteiger partial charge < -0.3 is 0 Å². The van der Waals surface area contributed by atoms with Crippen molar-refractivity contribution in [2.45, 2.75) is 13.3 Å². The Morgan fingerprint density at radius 1 is 1.73 bits per heavy atom. The Morgan fingerprint density at radius 2 is 2.45 bits per heavy atom.